The van der Waals surface area contributed by atoms with E-state index in [4.69, 9.17) is 16.3 Å². The summed E-state index contributed by atoms with van der Waals surface area (Å²) in [5.41, 5.74) is 2.18. The third kappa shape index (κ3) is 5.37. The van der Waals surface area contributed by atoms with Crippen molar-refractivity contribution >= 4 is 11.6 Å². The van der Waals surface area contributed by atoms with Gasteiger partial charge in [-0.25, -0.2) is 4.98 Å². The van der Waals surface area contributed by atoms with E-state index in [9.17, 15) is 0 Å². The molecule has 0 bridgehead atoms. The molecule has 0 aliphatic carbocycles. The first-order valence-corrected chi connectivity index (χ1v) is 7.38. The first kappa shape index (κ1) is 15.8. The quantitative estimate of drug-likeness (QED) is 0.899. The number of rotatable bonds is 5. The molecule has 2 aromatic rings. The average molecular weight is 305 g/mol. The summed E-state index contributed by atoms with van der Waals surface area (Å²) in [4.78, 5) is 4.32. The fourth-order valence-corrected chi connectivity index (χ4v) is 1.91. The number of hydrogen-bond donors (Lipinski definition) is 1. The van der Waals surface area contributed by atoms with Crippen molar-refractivity contribution in [2.24, 2.45) is 0 Å². The lowest BCUT2D eigenvalue weighted by atomic mass is 10.1. The molecule has 0 aliphatic rings. The Morgan fingerprint density at radius 3 is 2.52 bits per heavy atom. The Hall–Kier alpha value is -1.58. The van der Waals surface area contributed by atoms with E-state index in [2.05, 4.69) is 31.1 Å². The minimum absolute atomic E-state index is 0.0588. The van der Waals surface area contributed by atoms with Gasteiger partial charge in [-0.05, 0) is 44.5 Å². The predicted octanol–water partition coefficient (Wildman–Crippen LogP) is 4.20. The highest BCUT2D eigenvalue weighted by Crippen LogP contribution is 2.18. The summed E-state index contributed by atoms with van der Waals surface area (Å²) in [6, 6.07) is 11.6. The van der Waals surface area contributed by atoms with Crippen molar-refractivity contribution in [2.45, 2.75) is 39.5 Å². The third-order valence-electron chi connectivity index (χ3n) is 2.95. The fourth-order valence-electron chi connectivity index (χ4n) is 1.78. The van der Waals surface area contributed by atoms with E-state index in [1.54, 1.807) is 6.20 Å². The van der Waals surface area contributed by atoms with Gasteiger partial charge in [0, 0.05) is 28.9 Å². The number of pyridine rings is 1. The first-order valence-electron chi connectivity index (χ1n) is 7.00. The SMILES string of the molecule is CC(C)(C)NCc1cccnc1OCc1ccc(Cl)cc1. The minimum Gasteiger partial charge on any atom is -0.473 e. The third-order valence-corrected chi connectivity index (χ3v) is 3.20. The van der Waals surface area contributed by atoms with Crippen molar-refractivity contribution < 1.29 is 4.74 Å². The highest BCUT2D eigenvalue weighted by Gasteiger charge is 2.11. The zero-order valence-electron chi connectivity index (χ0n) is 12.7. The lowest BCUT2D eigenvalue weighted by Crippen LogP contribution is -2.35. The fraction of sp³-hybridized carbons (Fsp3) is 0.353. The molecule has 112 valence electrons. The summed E-state index contributed by atoms with van der Waals surface area (Å²) in [5, 5.41) is 4.18. The Balaban J connectivity index is 2.01. The zero-order chi connectivity index (χ0) is 15.3. The van der Waals surface area contributed by atoms with Crippen LogP contribution in [0.3, 0.4) is 0 Å². The molecule has 1 heterocycles. The number of aromatic nitrogens is 1. The number of halogens is 1. The van der Waals surface area contributed by atoms with Gasteiger partial charge in [0.1, 0.15) is 6.61 Å². The van der Waals surface area contributed by atoms with E-state index in [1.165, 1.54) is 0 Å². The van der Waals surface area contributed by atoms with Crippen molar-refractivity contribution in [1.82, 2.24) is 10.3 Å². The maximum atomic E-state index is 5.88. The molecule has 0 amide bonds. The molecule has 3 nitrogen and oxygen atoms in total. The highest BCUT2D eigenvalue weighted by molar-refractivity contribution is 6.30. The van der Waals surface area contributed by atoms with Crippen LogP contribution in [0.1, 0.15) is 31.9 Å². The van der Waals surface area contributed by atoms with Crippen LogP contribution in [0.2, 0.25) is 5.02 Å². The van der Waals surface area contributed by atoms with Crippen molar-refractivity contribution in [2.75, 3.05) is 0 Å². The topological polar surface area (TPSA) is 34.2 Å². The van der Waals surface area contributed by atoms with Gasteiger partial charge in [0.2, 0.25) is 5.88 Å². The van der Waals surface area contributed by atoms with Gasteiger partial charge in [0.15, 0.2) is 0 Å². The van der Waals surface area contributed by atoms with Crippen LogP contribution in [0.4, 0.5) is 0 Å². The van der Waals surface area contributed by atoms with Crippen molar-refractivity contribution in [3.05, 3.63) is 58.7 Å². The van der Waals surface area contributed by atoms with E-state index in [0.717, 1.165) is 22.7 Å². The number of ether oxygens (including phenoxy) is 1. The molecule has 2 rings (SSSR count). The molecule has 0 atom stereocenters. The van der Waals surface area contributed by atoms with Crippen molar-refractivity contribution in [1.29, 1.82) is 0 Å². The van der Waals surface area contributed by atoms with E-state index < -0.39 is 0 Å². The van der Waals surface area contributed by atoms with Crippen LogP contribution in [0.25, 0.3) is 0 Å². The van der Waals surface area contributed by atoms with Crippen LogP contribution in [0.5, 0.6) is 5.88 Å². The lowest BCUT2D eigenvalue weighted by molar-refractivity contribution is 0.288. The number of hydrogen-bond acceptors (Lipinski definition) is 3. The van der Waals surface area contributed by atoms with E-state index in [1.807, 2.05) is 36.4 Å². The molecule has 0 unspecified atom stereocenters. The number of nitrogens with one attached hydrogen (secondary N) is 1. The Morgan fingerprint density at radius 1 is 1.14 bits per heavy atom. The standard InChI is InChI=1S/C17H21ClN2O/c1-17(2,3)20-11-14-5-4-10-19-16(14)21-12-13-6-8-15(18)9-7-13/h4-10,20H,11-12H2,1-3H3. The Kier molecular flexibility index (Phi) is 5.21. The van der Waals surface area contributed by atoms with Gasteiger partial charge < -0.3 is 10.1 Å². The second kappa shape index (κ2) is 6.92. The number of nitrogens with zero attached hydrogens (tertiary/aromatic N) is 1. The van der Waals surface area contributed by atoms with Gasteiger partial charge in [-0.1, -0.05) is 29.8 Å². The van der Waals surface area contributed by atoms with Crippen LogP contribution in [0.15, 0.2) is 42.6 Å². The second-order valence-electron chi connectivity index (χ2n) is 5.99. The zero-order valence-corrected chi connectivity index (χ0v) is 13.4. The predicted molar refractivity (Wildman–Crippen MR) is 86.6 cm³/mol. The summed E-state index contributed by atoms with van der Waals surface area (Å²) < 4.78 is 5.83. The van der Waals surface area contributed by atoms with Crippen molar-refractivity contribution in [3.8, 4) is 5.88 Å². The van der Waals surface area contributed by atoms with E-state index in [0.29, 0.717) is 12.5 Å². The van der Waals surface area contributed by atoms with Crippen molar-refractivity contribution in [3.63, 3.8) is 0 Å². The summed E-state index contributed by atoms with van der Waals surface area (Å²) in [6.07, 6.45) is 1.75. The summed E-state index contributed by atoms with van der Waals surface area (Å²) in [6.45, 7) is 7.62. The Bertz CT molecular complexity index is 576. The first-order chi connectivity index (χ1) is 9.94. The Morgan fingerprint density at radius 2 is 1.86 bits per heavy atom. The molecule has 1 aromatic heterocycles. The molecular formula is C17H21ClN2O. The second-order valence-corrected chi connectivity index (χ2v) is 6.42. The van der Waals surface area contributed by atoms with Crippen LogP contribution in [-0.4, -0.2) is 10.5 Å². The molecule has 4 heteroatoms. The van der Waals surface area contributed by atoms with Gasteiger partial charge in [-0.15, -0.1) is 0 Å². The summed E-state index contributed by atoms with van der Waals surface area (Å²) in [7, 11) is 0. The smallest absolute Gasteiger partial charge is 0.218 e. The van der Waals surface area contributed by atoms with E-state index >= 15 is 0 Å². The normalized spacial score (nSPS) is 11.4. The van der Waals surface area contributed by atoms with Gasteiger partial charge in [0.25, 0.3) is 0 Å². The molecule has 0 spiro atoms. The van der Waals surface area contributed by atoms with Gasteiger partial charge in [0.05, 0.1) is 0 Å². The molecule has 1 aromatic carbocycles. The summed E-state index contributed by atoms with van der Waals surface area (Å²) in [5.74, 6) is 0.671. The van der Waals surface area contributed by atoms with Crippen LogP contribution in [-0.2, 0) is 13.2 Å². The molecule has 0 radical (unpaired) electrons. The van der Waals surface area contributed by atoms with Crippen LogP contribution >= 0.6 is 11.6 Å². The molecule has 0 saturated heterocycles. The highest BCUT2D eigenvalue weighted by atomic mass is 35.5. The molecule has 0 aliphatic heterocycles. The van der Waals surface area contributed by atoms with Gasteiger partial charge in [-0.3, -0.25) is 0 Å². The monoisotopic (exact) mass is 304 g/mol. The largest absolute Gasteiger partial charge is 0.473 e. The molecule has 0 fully saturated rings. The van der Waals surface area contributed by atoms with Crippen LogP contribution < -0.4 is 10.1 Å². The summed E-state index contributed by atoms with van der Waals surface area (Å²) >= 11 is 5.88. The average Bonchev–Trinajstić information content (AvgIpc) is 2.44. The van der Waals surface area contributed by atoms with Crippen LogP contribution in [0, 0.1) is 0 Å². The molecule has 1 N–H and O–H groups in total. The maximum absolute atomic E-state index is 5.88. The molecule has 0 saturated carbocycles. The number of benzene rings is 1. The van der Waals surface area contributed by atoms with Gasteiger partial charge in [-0.2, -0.15) is 0 Å². The molecule has 21 heavy (non-hydrogen) atoms. The maximum Gasteiger partial charge on any atom is 0.218 e. The lowest BCUT2D eigenvalue weighted by Gasteiger charge is -2.21. The Labute approximate surface area is 131 Å². The van der Waals surface area contributed by atoms with E-state index in [-0.39, 0.29) is 5.54 Å². The van der Waals surface area contributed by atoms with Gasteiger partial charge >= 0.3 is 0 Å². The molecular weight excluding hydrogens is 284 g/mol. The minimum atomic E-state index is 0.0588.